The van der Waals surface area contributed by atoms with E-state index in [1.165, 1.54) is 0 Å². The minimum absolute atomic E-state index is 1.64. The van der Waals surface area contributed by atoms with Gasteiger partial charge in [0.2, 0.25) is 0 Å². The average molecular weight is 127 g/mol. The molecule has 0 N–H and O–H groups in total. The van der Waals surface area contributed by atoms with E-state index in [1.807, 2.05) is 38.4 Å². The normalized spacial score (nSPS) is 9.67. The first kappa shape index (κ1) is 8.01. The van der Waals surface area contributed by atoms with Crippen molar-refractivity contribution in [1.29, 1.82) is 0 Å². The zero-order valence-electron chi connectivity index (χ0n) is 6.20. The van der Waals surface area contributed by atoms with E-state index in [0.29, 0.717) is 0 Å². The zero-order chi connectivity index (χ0) is 7.28. The summed E-state index contributed by atoms with van der Waals surface area (Å²) in [5.41, 5.74) is 0. The van der Waals surface area contributed by atoms with Gasteiger partial charge in [0.25, 0.3) is 0 Å². The summed E-state index contributed by atoms with van der Waals surface area (Å²) in [4.78, 5) is 1.93. The first-order valence-corrected chi connectivity index (χ1v) is 2.71. The van der Waals surface area contributed by atoms with Gasteiger partial charge in [-0.3, -0.25) is 5.01 Å². The highest BCUT2D eigenvalue weighted by Gasteiger charge is 1.79. The van der Waals surface area contributed by atoms with Crippen LogP contribution in [0, 0.1) is 0 Å². The minimum atomic E-state index is 1.64. The summed E-state index contributed by atoms with van der Waals surface area (Å²) in [6.45, 7) is 3.34. The van der Waals surface area contributed by atoms with Gasteiger partial charge in [-0.2, -0.15) is 5.10 Å². The third-order valence-electron chi connectivity index (χ3n) is 0.804. The molecule has 0 saturated carbocycles. The summed E-state index contributed by atoms with van der Waals surface area (Å²) in [6.07, 6.45) is 3.72. The maximum Gasteiger partial charge on any atom is 0.0387 e. The van der Waals surface area contributed by atoms with Crippen molar-refractivity contribution in [3.8, 4) is 0 Å². The third kappa shape index (κ3) is 4.87. The van der Waals surface area contributed by atoms with Crippen LogP contribution in [-0.2, 0) is 0 Å². The van der Waals surface area contributed by atoms with E-state index in [1.54, 1.807) is 5.01 Å². The van der Waals surface area contributed by atoms with Gasteiger partial charge in [0.15, 0.2) is 0 Å². The average Bonchev–Trinajstić information content (AvgIpc) is 1.83. The van der Waals surface area contributed by atoms with Crippen molar-refractivity contribution in [2.45, 2.75) is 0 Å². The maximum absolute atomic E-state index is 3.63. The fourth-order valence-electron chi connectivity index (χ4n) is 0.277. The van der Waals surface area contributed by atoms with Gasteiger partial charge in [-0.05, 0) is 0 Å². The van der Waals surface area contributed by atoms with E-state index < -0.39 is 0 Å². The lowest BCUT2D eigenvalue weighted by atomic mass is 10.8. The predicted octanol–water partition coefficient (Wildman–Crippen LogP) is 0.567. The fraction of sp³-hybridized carbons (Fsp3) is 0.500. The van der Waals surface area contributed by atoms with Crippen LogP contribution >= 0.6 is 0 Å². The standard InChI is InChI=1S/C6H13N3/c1-7-9(4)6-5-8(2)3/h5-6H,1H2,2-4H3/b6-5-. The summed E-state index contributed by atoms with van der Waals surface area (Å²) in [5.74, 6) is 0. The van der Waals surface area contributed by atoms with Crippen molar-refractivity contribution in [3.05, 3.63) is 12.4 Å². The molecule has 9 heavy (non-hydrogen) atoms. The Morgan fingerprint density at radius 3 is 2.11 bits per heavy atom. The molecule has 0 rings (SSSR count). The first-order valence-electron chi connectivity index (χ1n) is 2.71. The Labute approximate surface area is 56.3 Å². The van der Waals surface area contributed by atoms with E-state index in [0.717, 1.165) is 0 Å². The second-order valence-corrected chi connectivity index (χ2v) is 1.98. The second kappa shape index (κ2) is 3.95. The third-order valence-corrected chi connectivity index (χ3v) is 0.804. The molecule has 3 nitrogen and oxygen atoms in total. The predicted molar refractivity (Wildman–Crippen MR) is 40.1 cm³/mol. The second-order valence-electron chi connectivity index (χ2n) is 1.98. The highest BCUT2D eigenvalue weighted by molar-refractivity contribution is 5.22. The molecule has 0 aliphatic carbocycles. The molecule has 0 aromatic heterocycles. The summed E-state index contributed by atoms with van der Waals surface area (Å²) < 4.78 is 0. The van der Waals surface area contributed by atoms with Gasteiger partial charge in [-0.1, -0.05) is 0 Å². The zero-order valence-corrected chi connectivity index (χ0v) is 6.20. The maximum atomic E-state index is 3.63. The van der Waals surface area contributed by atoms with Gasteiger partial charge in [0, 0.05) is 40.3 Å². The number of hydrogen-bond donors (Lipinski definition) is 0. The van der Waals surface area contributed by atoms with Crippen LogP contribution in [0.25, 0.3) is 0 Å². The molecule has 0 aliphatic heterocycles. The summed E-state index contributed by atoms with van der Waals surface area (Å²) in [7, 11) is 5.73. The molecule has 0 aliphatic rings. The lowest BCUT2D eigenvalue weighted by Gasteiger charge is -2.07. The van der Waals surface area contributed by atoms with Crippen LogP contribution < -0.4 is 0 Å². The molecular weight excluding hydrogens is 114 g/mol. The molecule has 0 aromatic rings. The molecule has 0 fully saturated rings. The molecule has 0 unspecified atom stereocenters. The SMILES string of the molecule is C=NN(C)/C=C\N(C)C. The summed E-state index contributed by atoms with van der Waals surface area (Å²) in [6, 6.07) is 0. The van der Waals surface area contributed by atoms with Crippen molar-refractivity contribution < 1.29 is 0 Å². The molecule has 0 bridgehead atoms. The number of nitrogens with zero attached hydrogens (tertiary/aromatic N) is 3. The molecule has 0 amide bonds. The van der Waals surface area contributed by atoms with E-state index in [9.17, 15) is 0 Å². The molecule has 0 aromatic carbocycles. The largest absolute Gasteiger partial charge is 0.382 e. The van der Waals surface area contributed by atoms with E-state index >= 15 is 0 Å². The smallest absolute Gasteiger partial charge is 0.0387 e. The molecule has 0 atom stereocenters. The van der Waals surface area contributed by atoms with Crippen LogP contribution in [0.2, 0.25) is 0 Å². The van der Waals surface area contributed by atoms with Crippen molar-refractivity contribution >= 4 is 6.72 Å². The monoisotopic (exact) mass is 127 g/mol. The highest BCUT2D eigenvalue weighted by atomic mass is 15.4. The molecule has 52 valence electrons. The Bertz CT molecular complexity index is 107. The van der Waals surface area contributed by atoms with Gasteiger partial charge in [-0.25, -0.2) is 0 Å². The van der Waals surface area contributed by atoms with Crippen LogP contribution in [0.4, 0.5) is 0 Å². The van der Waals surface area contributed by atoms with Gasteiger partial charge >= 0.3 is 0 Å². The Balaban J connectivity index is 3.56. The van der Waals surface area contributed by atoms with Crippen LogP contribution in [0.1, 0.15) is 0 Å². The van der Waals surface area contributed by atoms with Crippen molar-refractivity contribution in [2.24, 2.45) is 5.10 Å². The van der Waals surface area contributed by atoms with Crippen molar-refractivity contribution in [3.63, 3.8) is 0 Å². The number of hydrazone groups is 1. The van der Waals surface area contributed by atoms with E-state index in [2.05, 4.69) is 11.8 Å². The number of hydrogen-bond acceptors (Lipinski definition) is 3. The van der Waals surface area contributed by atoms with Gasteiger partial charge in [-0.15, -0.1) is 0 Å². The van der Waals surface area contributed by atoms with Crippen molar-refractivity contribution in [2.75, 3.05) is 21.1 Å². The Morgan fingerprint density at radius 1 is 1.22 bits per heavy atom. The van der Waals surface area contributed by atoms with Crippen LogP contribution in [0.15, 0.2) is 17.5 Å². The molecule has 3 heteroatoms. The lowest BCUT2D eigenvalue weighted by Crippen LogP contribution is -2.05. The molecule has 0 heterocycles. The molecule has 0 radical (unpaired) electrons. The van der Waals surface area contributed by atoms with Gasteiger partial charge in [0.05, 0.1) is 0 Å². The van der Waals surface area contributed by atoms with E-state index in [4.69, 9.17) is 0 Å². The minimum Gasteiger partial charge on any atom is -0.382 e. The van der Waals surface area contributed by atoms with Gasteiger partial charge < -0.3 is 4.90 Å². The molecule has 0 saturated heterocycles. The Hall–Kier alpha value is -0.990. The first-order chi connectivity index (χ1) is 4.16. The van der Waals surface area contributed by atoms with Crippen LogP contribution in [-0.4, -0.2) is 37.8 Å². The van der Waals surface area contributed by atoms with E-state index in [-0.39, 0.29) is 0 Å². The summed E-state index contributed by atoms with van der Waals surface area (Å²) >= 11 is 0. The number of rotatable bonds is 3. The fourth-order valence-corrected chi connectivity index (χ4v) is 0.277. The highest BCUT2D eigenvalue weighted by Crippen LogP contribution is 1.83. The molecule has 0 spiro atoms. The van der Waals surface area contributed by atoms with Crippen LogP contribution in [0.3, 0.4) is 0 Å². The van der Waals surface area contributed by atoms with Crippen molar-refractivity contribution in [1.82, 2.24) is 9.91 Å². The quantitative estimate of drug-likeness (QED) is 0.407. The Kier molecular flexibility index (Phi) is 3.51. The summed E-state index contributed by atoms with van der Waals surface area (Å²) in [5, 5.41) is 5.27. The van der Waals surface area contributed by atoms with Crippen LogP contribution in [0.5, 0.6) is 0 Å². The lowest BCUT2D eigenvalue weighted by molar-refractivity contribution is 0.470. The topological polar surface area (TPSA) is 18.8 Å². The Morgan fingerprint density at radius 2 is 1.78 bits per heavy atom. The van der Waals surface area contributed by atoms with Gasteiger partial charge in [0.1, 0.15) is 0 Å². The molecular formula is C6H13N3.